The van der Waals surface area contributed by atoms with Gasteiger partial charge in [-0.15, -0.1) is 11.3 Å². The van der Waals surface area contributed by atoms with Crippen LogP contribution in [0.15, 0.2) is 23.8 Å². The number of nitrogens with zero attached hydrogens (tertiary/aromatic N) is 2. The number of anilines is 1. The van der Waals surface area contributed by atoms with Crippen LogP contribution in [0.25, 0.3) is 0 Å². The van der Waals surface area contributed by atoms with Crippen LogP contribution < -0.4 is 5.32 Å². The van der Waals surface area contributed by atoms with Gasteiger partial charge in [0.1, 0.15) is 0 Å². The fourth-order valence-electron chi connectivity index (χ4n) is 2.56. The van der Waals surface area contributed by atoms with Crippen LogP contribution in [0.1, 0.15) is 28.1 Å². The standard InChI is InChI=1S/C14H14F2N4O2S/c15-12(16)11-10(2-4-23-11)14(22)20-3-1-8(7-20)13(21)19-9-5-17-18-6-9/h2,4-6,8,12H,1,3,7H2,(H,17,18)(H,19,21). The molecule has 3 rings (SSSR count). The molecule has 0 aliphatic carbocycles. The molecule has 1 unspecified atom stereocenters. The van der Waals surface area contributed by atoms with Crippen molar-refractivity contribution in [3.63, 3.8) is 0 Å². The first-order valence-electron chi connectivity index (χ1n) is 7.00. The lowest BCUT2D eigenvalue weighted by Gasteiger charge is -2.16. The van der Waals surface area contributed by atoms with Crippen molar-refractivity contribution >= 4 is 28.8 Å². The van der Waals surface area contributed by atoms with E-state index in [1.165, 1.54) is 22.5 Å². The van der Waals surface area contributed by atoms with Crippen molar-refractivity contribution < 1.29 is 18.4 Å². The second kappa shape index (κ2) is 6.45. The van der Waals surface area contributed by atoms with Gasteiger partial charge in [0.15, 0.2) is 0 Å². The maximum absolute atomic E-state index is 12.9. The van der Waals surface area contributed by atoms with Crippen molar-refractivity contribution in [2.45, 2.75) is 12.8 Å². The number of halogens is 2. The topological polar surface area (TPSA) is 78.1 Å². The van der Waals surface area contributed by atoms with Crippen molar-refractivity contribution in [1.82, 2.24) is 15.1 Å². The number of aromatic nitrogens is 2. The molecular formula is C14H14F2N4O2S. The number of carbonyl (C=O) groups is 2. The zero-order valence-electron chi connectivity index (χ0n) is 12.0. The summed E-state index contributed by atoms with van der Waals surface area (Å²) in [5, 5.41) is 10.5. The van der Waals surface area contributed by atoms with Gasteiger partial charge in [0.05, 0.1) is 28.2 Å². The Hall–Kier alpha value is -2.29. The molecule has 2 amide bonds. The summed E-state index contributed by atoms with van der Waals surface area (Å²) in [7, 11) is 0. The summed E-state index contributed by atoms with van der Waals surface area (Å²) in [5.41, 5.74) is 0.582. The molecule has 2 aromatic rings. The number of likely N-dealkylation sites (tertiary alicyclic amines) is 1. The highest BCUT2D eigenvalue weighted by Gasteiger charge is 2.33. The number of alkyl halides is 2. The number of H-pyrrole nitrogens is 1. The van der Waals surface area contributed by atoms with E-state index in [4.69, 9.17) is 0 Å². The summed E-state index contributed by atoms with van der Waals surface area (Å²) in [6.45, 7) is 0.599. The van der Waals surface area contributed by atoms with Gasteiger partial charge in [0.2, 0.25) is 5.91 Å². The molecule has 1 fully saturated rings. The fourth-order valence-corrected chi connectivity index (χ4v) is 3.30. The van der Waals surface area contributed by atoms with Crippen LogP contribution in [0.5, 0.6) is 0 Å². The minimum Gasteiger partial charge on any atom is -0.338 e. The number of hydrogen-bond donors (Lipinski definition) is 2. The molecule has 0 spiro atoms. The summed E-state index contributed by atoms with van der Waals surface area (Å²) < 4.78 is 25.8. The molecule has 0 aromatic carbocycles. The van der Waals surface area contributed by atoms with E-state index < -0.39 is 12.3 Å². The lowest BCUT2D eigenvalue weighted by molar-refractivity contribution is -0.119. The predicted octanol–water partition coefficient (Wildman–Crippen LogP) is 2.51. The summed E-state index contributed by atoms with van der Waals surface area (Å²) in [6, 6.07) is 1.41. The molecule has 23 heavy (non-hydrogen) atoms. The monoisotopic (exact) mass is 340 g/mol. The molecule has 0 radical (unpaired) electrons. The lowest BCUT2D eigenvalue weighted by atomic mass is 10.1. The third-order valence-corrected chi connectivity index (χ3v) is 4.66. The van der Waals surface area contributed by atoms with Crippen molar-refractivity contribution in [1.29, 1.82) is 0 Å². The van der Waals surface area contributed by atoms with Gasteiger partial charge < -0.3 is 10.2 Å². The summed E-state index contributed by atoms with van der Waals surface area (Å²) in [4.78, 5) is 25.7. The van der Waals surface area contributed by atoms with Crippen molar-refractivity contribution in [2.24, 2.45) is 5.92 Å². The Morgan fingerprint density at radius 1 is 1.48 bits per heavy atom. The van der Waals surface area contributed by atoms with Gasteiger partial charge in [-0.3, -0.25) is 14.7 Å². The SMILES string of the molecule is O=C(Nc1cn[nH]c1)C1CCN(C(=O)c2ccsc2C(F)F)C1. The van der Waals surface area contributed by atoms with Crippen molar-refractivity contribution in [3.05, 3.63) is 34.3 Å². The van der Waals surface area contributed by atoms with Gasteiger partial charge in [-0.05, 0) is 17.9 Å². The Morgan fingerprint density at radius 3 is 3.00 bits per heavy atom. The van der Waals surface area contributed by atoms with Gasteiger partial charge >= 0.3 is 0 Å². The van der Waals surface area contributed by atoms with Crippen LogP contribution in [-0.2, 0) is 4.79 Å². The average Bonchev–Trinajstić information content (AvgIpc) is 3.26. The van der Waals surface area contributed by atoms with E-state index in [1.54, 1.807) is 6.20 Å². The number of carbonyl (C=O) groups excluding carboxylic acids is 2. The smallest absolute Gasteiger partial charge is 0.273 e. The van der Waals surface area contributed by atoms with E-state index in [0.29, 0.717) is 18.7 Å². The molecule has 122 valence electrons. The number of nitrogens with one attached hydrogen (secondary N) is 2. The summed E-state index contributed by atoms with van der Waals surface area (Å²) in [6.07, 6.45) is 0.868. The van der Waals surface area contributed by atoms with E-state index in [2.05, 4.69) is 15.5 Å². The molecule has 9 heteroatoms. The zero-order chi connectivity index (χ0) is 16.4. The highest BCUT2D eigenvalue weighted by molar-refractivity contribution is 7.10. The van der Waals surface area contributed by atoms with Gasteiger partial charge in [0, 0.05) is 19.3 Å². The zero-order valence-corrected chi connectivity index (χ0v) is 12.8. The number of thiophene rings is 1. The fraction of sp³-hybridized carbons (Fsp3) is 0.357. The second-order valence-corrected chi connectivity index (χ2v) is 6.16. The predicted molar refractivity (Wildman–Crippen MR) is 80.5 cm³/mol. The maximum atomic E-state index is 12.9. The Bertz CT molecular complexity index is 701. The Kier molecular flexibility index (Phi) is 4.37. The molecule has 2 N–H and O–H groups in total. The van der Waals surface area contributed by atoms with E-state index >= 15 is 0 Å². The van der Waals surface area contributed by atoms with E-state index in [9.17, 15) is 18.4 Å². The first-order valence-corrected chi connectivity index (χ1v) is 7.88. The maximum Gasteiger partial charge on any atom is 0.273 e. The number of hydrogen-bond acceptors (Lipinski definition) is 4. The quantitative estimate of drug-likeness (QED) is 0.898. The molecule has 6 nitrogen and oxygen atoms in total. The van der Waals surface area contributed by atoms with Crippen LogP contribution in [0.2, 0.25) is 0 Å². The lowest BCUT2D eigenvalue weighted by Crippen LogP contribution is -2.31. The second-order valence-electron chi connectivity index (χ2n) is 5.21. The molecule has 1 aliphatic heterocycles. The summed E-state index contributed by atoms with van der Waals surface area (Å²) >= 11 is 0.867. The molecule has 3 heterocycles. The van der Waals surface area contributed by atoms with E-state index in [0.717, 1.165) is 11.3 Å². The van der Waals surface area contributed by atoms with Crippen LogP contribution in [0.3, 0.4) is 0 Å². The number of aromatic amines is 1. The number of amides is 2. The minimum atomic E-state index is -2.67. The molecule has 0 saturated carbocycles. The molecule has 1 aliphatic rings. The molecule has 0 bridgehead atoms. The molecule has 1 saturated heterocycles. The van der Waals surface area contributed by atoms with Gasteiger partial charge in [-0.1, -0.05) is 0 Å². The van der Waals surface area contributed by atoms with E-state index in [-0.39, 0.29) is 28.8 Å². The van der Waals surface area contributed by atoms with Gasteiger partial charge in [0.25, 0.3) is 12.3 Å². The van der Waals surface area contributed by atoms with Gasteiger partial charge in [-0.2, -0.15) is 5.10 Å². The first-order chi connectivity index (χ1) is 11.1. The minimum absolute atomic E-state index is 0.0286. The molecule has 2 aromatic heterocycles. The van der Waals surface area contributed by atoms with Crippen molar-refractivity contribution in [2.75, 3.05) is 18.4 Å². The van der Waals surface area contributed by atoms with Crippen LogP contribution >= 0.6 is 11.3 Å². The van der Waals surface area contributed by atoms with Crippen LogP contribution in [-0.4, -0.2) is 40.0 Å². The van der Waals surface area contributed by atoms with Crippen LogP contribution in [0, 0.1) is 5.92 Å². The highest BCUT2D eigenvalue weighted by atomic mass is 32.1. The van der Waals surface area contributed by atoms with Gasteiger partial charge in [-0.25, -0.2) is 8.78 Å². The molecule has 1 atom stereocenters. The number of rotatable bonds is 4. The Labute approximate surface area is 134 Å². The normalized spacial score (nSPS) is 17.7. The summed E-state index contributed by atoms with van der Waals surface area (Å²) in [5.74, 6) is -1.01. The first kappa shape index (κ1) is 15.6. The third-order valence-electron chi connectivity index (χ3n) is 3.74. The highest BCUT2D eigenvalue weighted by Crippen LogP contribution is 2.30. The van der Waals surface area contributed by atoms with Crippen molar-refractivity contribution in [3.8, 4) is 0 Å². The molecular weight excluding hydrogens is 326 g/mol. The average molecular weight is 340 g/mol. The van der Waals surface area contributed by atoms with Crippen LogP contribution in [0.4, 0.5) is 14.5 Å². The van der Waals surface area contributed by atoms with E-state index in [1.807, 2.05) is 0 Å². The Balaban J connectivity index is 1.64. The Morgan fingerprint density at radius 2 is 2.30 bits per heavy atom. The third kappa shape index (κ3) is 3.24. The largest absolute Gasteiger partial charge is 0.338 e.